The minimum Gasteiger partial charge on any atom is -0.281 e. The Hall–Kier alpha value is -2.77. The quantitative estimate of drug-likeness (QED) is 0.513. The molecule has 0 atom stereocenters. The van der Waals surface area contributed by atoms with Gasteiger partial charge in [-0.05, 0) is 37.1 Å². The third kappa shape index (κ3) is 4.46. The van der Waals surface area contributed by atoms with Crippen molar-refractivity contribution in [3.8, 4) is 10.6 Å². The molecule has 2 aromatic carbocycles. The van der Waals surface area contributed by atoms with E-state index in [4.69, 9.17) is 4.99 Å². The topological polar surface area (TPSA) is 70.7 Å². The molecule has 1 aromatic heterocycles. The second-order valence-electron chi connectivity index (χ2n) is 7.26. The molecule has 1 saturated carbocycles. The van der Waals surface area contributed by atoms with Gasteiger partial charge in [0.15, 0.2) is 0 Å². The Morgan fingerprint density at radius 1 is 1.10 bits per heavy atom. The van der Waals surface area contributed by atoms with Crippen molar-refractivity contribution in [1.82, 2.24) is 9.78 Å². The highest BCUT2D eigenvalue weighted by molar-refractivity contribution is 7.12. The Morgan fingerprint density at radius 2 is 1.79 bits per heavy atom. The monoisotopic (exact) mass is 408 g/mol. The van der Waals surface area contributed by atoms with Crippen LogP contribution in [0, 0.1) is 0 Å². The largest absolute Gasteiger partial charge is 0.281 e. The van der Waals surface area contributed by atoms with E-state index in [-0.39, 0.29) is 0 Å². The van der Waals surface area contributed by atoms with Gasteiger partial charge in [0.1, 0.15) is 5.01 Å². The summed E-state index contributed by atoms with van der Waals surface area (Å²) in [6.45, 7) is 0. The number of carbonyl (C=O) groups excluding carboxylic acids is 1. The van der Waals surface area contributed by atoms with Gasteiger partial charge in [0.25, 0.3) is 5.91 Å². The van der Waals surface area contributed by atoms with Crippen LogP contribution in [0.5, 0.6) is 0 Å². The molecule has 3 aromatic rings. The van der Waals surface area contributed by atoms with Crippen molar-refractivity contribution < 1.29 is 10.0 Å². The Kier molecular flexibility index (Phi) is 5.87. The first kappa shape index (κ1) is 19.5. The number of hydroxylamine groups is 1. The molecule has 1 aliphatic rings. The Labute approximate surface area is 173 Å². The molecule has 6 nitrogen and oxygen atoms in total. The average molecular weight is 409 g/mol. The summed E-state index contributed by atoms with van der Waals surface area (Å²) in [6, 6.07) is 16.3. The number of hydrogen-bond acceptors (Lipinski definition) is 5. The zero-order valence-electron chi connectivity index (χ0n) is 16.4. The average Bonchev–Trinajstić information content (AvgIpc) is 3.14. The van der Waals surface area contributed by atoms with Gasteiger partial charge < -0.3 is 0 Å². The molecule has 150 valence electrons. The van der Waals surface area contributed by atoms with Crippen LogP contribution in [-0.2, 0) is 7.05 Å². The van der Waals surface area contributed by atoms with Crippen molar-refractivity contribution >= 4 is 22.9 Å². The van der Waals surface area contributed by atoms with E-state index in [1.807, 2.05) is 29.9 Å². The summed E-state index contributed by atoms with van der Waals surface area (Å²) < 4.78 is 1.83. The summed E-state index contributed by atoms with van der Waals surface area (Å²) in [5, 5.41) is 16.3. The molecule has 1 amide bonds. The van der Waals surface area contributed by atoms with E-state index in [1.54, 1.807) is 47.7 Å². The van der Waals surface area contributed by atoms with Crippen molar-refractivity contribution in [3.63, 3.8) is 0 Å². The number of aryl methyl sites for hydroxylation is 1. The molecular weight excluding hydrogens is 384 g/mol. The van der Waals surface area contributed by atoms with Gasteiger partial charge in [-0.1, -0.05) is 60.9 Å². The molecule has 7 heteroatoms. The van der Waals surface area contributed by atoms with Gasteiger partial charge in [-0.3, -0.25) is 15.0 Å². The van der Waals surface area contributed by atoms with Crippen LogP contribution >= 0.6 is 11.3 Å². The Balaban J connectivity index is 1.53. The van der Waals surface area contributed by atoms with Crippen molar-refractivity contribution in [2.45, 2.75) is 38.1 Å². The van der Waals surface area contributed by atoms with Crippen LogP contribution in [-0.4, -0.2) is 26.9 Å². The number of carbonyl (C=O) groups is 1. The number of anilines is 1. The van der Waals surface area contributed by atoms with Gasteiger partial charge >= 0.3 is 0 Å². The van der Waals surface area contributed by atoms with Crippen LogP contribution in [0.2, 0.25) is 0 Å². The number of nitrogens with zero attached hydrogens (tertiary/aromatic N) is 4. The second kappa shape index (κ2) is 8.71. The van der Waals surface area contributed by atoms with E-state index in [2.05, 4.69) is 5.10 Å². The lowest BCUT2D eigenvalue weighted by atomic mass is 9.96. The van der Waals surface area contributed by atoms with Gasteiger partial charge in [0, 0.05) is 18.2 Å². The van der Waals surface area contributed by atoms with Crippen molar-refractivity contribution in [3.05, 3.63) is 65.0 Å². The van der Waals surface area contributed by atoms with Gasteiger partial charge in [0.2, 0.25) is 4.80 Å². The zero-order valence-corrected chi connectivity index (χ0v) is 17.2. The number of hydrogen-bond donors (Lipinski definition) is 1. The molecule has 0 bridgehead atoms. The van der Waals surface area contributed by atoms with E-state index in [0.717, 1.165) is 28.2 Å². The SMILES string of the molecule is Cn1nc(-c2ccc(C(=O)N(O)c3ccccc3)cc2)sc1=NC1CCCCC1. The number of rotatable bonds is 4. The minimum atomic E-state index is -0.472. The lowest BCUT2D eigenvalue weighted by Gasteiger charge is -2.16. The van der Waals surface area contributed by atoms with Crippen LogP contribution in [0.3, 0.4) is 0 Å². The number of benzene rings is 2. The predicted octanol–water partition coefficient (Wildman–Crippen LogP) is 4.42. The van der Waals surface area contributed by atoms with Gasteiger partial charge in [-0.15, -0.1) is 0 Å². The number of amides is 1. The third-order valence-electron chi connectivity index (χ3n) is 5.15. The molecule has 1 aliphatic carbocycles. The van der Waals surface area contributed by atoms with Crippen LogP contribution in [0.25, 0.3) is 10.6 Å². The van der Waals surface area contributed by atoms with Crippen molar-refractivity contribution in [2.75, 3.05) is 5.06 Å². The third-order valence-corrected chi connectivity index (χ3v) is 6.21. The molecule has 1 heterocycles. The molecule has 0 aliphatic heterocycles. The van der Waals surface area contributed by atoms with Crippen molar-refractivity contribution in [1.29, 1.82) is 0 Å². The molecule has 29 heavy (non-hydrogen) atoms. The molecule has 1 fully saturated rings. The molecule has 0 saturated heterocycles. The van der Waals surface area contributed by atoms with Gasteiger partial charge in [-0.25, -0.2) is 4.68 Å². The fraction of sp³-hybridized carbons (Fsp3) is 0.318. The summed E-state index contributed by atoms with van der Waals surface area (Å²) in [6.07, 6.45) is 6.13. The first-order valence-corrected chi connectivity index (χ1v) is 10.7. The fourth-order valence-electron chi connectivity index (χ4n) is 3.51. The summed E-state index contributed by atoms with van der Waals surface area (Å²) in [5.41, 5.74) is 1.77. The molecule has 1 N–H and O–H groups in total. The first-order chi connectivity index (χ1) is 14.1. The normalized spacial score (nSPS) is 15.4. The predicted molar refractivity (Wildman–Crippen MR) is 114 cm³/mol. The lowest BCUT2D eigenvalue weighted by molar-refractivity contribution is 0.0855. The minimum absolute atomic E-state index is 0.400. The first-order valence-electron chi connectivity index (χ1n) is 9.88. The van der Waals surface area contributed by atoms with Gasteiger partial charge in [0.05, 0.1) is 11.7 Å². The summed E-state index contributed by atoms with van der Waals surface area (Å²) in [7, 11) is 1.92. The van der Waals surface area contributed by atoms with E-state index in [9.17, 15) is 10.0 Å². The second-order valence-corrected chi connectivity index (χ2v) is 8.22. The maximum absolute atomic E-state index is 12.5. The highest BCUT2D eigenvalue weighted by atomic mass is 32.1. The Morgan fingerprint density at radius 3 is 2.48 bits per heavy atom. The maximum Gasteiger partial charge on any atom is 0.281 e. The van der Waals surface area contributed by atoms with Crippen LogP contribution < -0.4 is 9.86 Å². The molecule has 0 unspecified atom stereocenters. The van der Waals surface area contributed by atoms with Crippen LogP contribution in [0.15, 0.2) is 59.6 Å². The zero-order chi connectivity index (χ0) is 20.2. The number of aromatic nitrogens is 2. The maximum atomic E-state index is 12.5. The molecule has 0 radical (unpaired) electrons. The smallest absolute Gasteiger partial charge is 0.281 e. The molecule has 4 rings (SSSR count). The fourth-order valence-corrected chi connectivity index (χ4v) is 4.47. The molecular formula is C22H24N4O2S. The van der Waals surface area contributed by atoms with Gasteiger partial charge in [-0.2, -0.15) is 10.2 Å². The summed E-state index contributed by atoms with van der Waals surface area (Å²) in [4.78, 5) is 18.3. The van der Waals surface area contributed by atoms with E-state index in [1.165, 1.54) is 19.3 Å². The highest BCUT2D eigenvalue weighted by Gasteiger charge is 2.16. The van der Waals surface area contributed by atoms with Crippen molar-refractivity contribution in [2.24, 2.45) is 12.0 Å². The van der Waals surface area contributed by atoms with E-state index < -0.39 is 5.91 Å². The lowest BCUT2D eigenvalue weighted by Crippen LogP contribution is -2.26. The van der Waals surface area contributed by atoms with Crippen LogP contribution in [0.4, 0.5) is 5.69 Å². The van der Waals surface area contributed by atoms with Crippen LogP contribution in [0.1, 0.15) is 42.5 Å². The summed E-state index contributed by atoms with van der Waals surface area (Å²) in [5.74, 6) is -0.472. The number of para-hydroxylation sites is 1. The highest BCUT2D eigenvalue weighted by Crippen LogP contribution is 2.23. The Bertz CT molecular complexity index is 1030. The standard InChI is InChI=1S/C22H24N4O2S/c1-25-22(23-18-8-4-2-5-9-18)29-20(24-25)16-12-14-17(15-13-16)21(27)26(28)19-10-6-3-7-11-19/h3,6-7,10-15,18,28H,2,4-5,8-9H2,1H3. The van der Waals surface area contributed by atoms with E-state index in [0.29, 0.717) is 22.4 Å². The summed E-state index contributed by atoms with van der Waals surface area (Å²) >= 11 is 1.56. The molecule has 0 spiro atoms. The van der Waals surface area contributed by atoms with E-state index >= 15 is 0 Å².